The number of nitrogens with one attached hydrogen (secondary N) is 2. The van der Waals surface area contributed by atoms with Crippen molar-refractivity contribution in [2.75, 3.05) is 25.2 Å². The molecular formula is C22H24N4O5. The second-order valence-corrected chi connectivity index (χ2v) is 7.53. The molecule has 9 heteroatoms. The maximum Gasteiger partial charge on any atom is 0.251 e. The van der Waals surface area contributed by atoms with Crippen LogP contribution in [0.25, 0.3) is 0 Å². The molecule has 0 aromatic heterocycles. The molecule has 2 heterocycles. The third kappa shape index (κ3) is 4.95. The Morgan fingerprint density at radius 1 is 1.10 bits per heavy atom. The number of carbonyl (C=O) groups excluding carboxylic acids is 3. The zero-order valence-electron chi connectivity index (χ0n) is 16.9. The van der Waals surface area contributed by atoms with E-state index in [1.165, 1.54) is 0 Å². The predicted molar refractivity (Wildman–Crippen MR) is 113 cm³/mol. The van der Waals surface area contributed by atoms with Crippen LogP contribution in [0.1, 0.15) is 28.8 Å². The molecule has 9 nitrogen and oxygen atoms in total. The Morgan fingerprint density at radius 3 is 2.77 bits per heavy atom. The number of benzene rings is 2. The minimum atomic E-state index is -0.381. The van der Waals surface area contributed by atoms with Crippen LogP contribution in [0.5, 0.6) is 11.5 Å². The topological polar surface area (TPSA) is 123 Å². The van der Waals surface area contributed by atoms with Crippen molar-refractivity contribution >= 4 is 23.4 Å². The number of nitrogens with two attached hydrogens (primary N) is 1. The van der Waals surface area contributed by atoms with Crippen molar-refractivity contribution in [2.24, 2.45) is 5.73 Å². The summed E-state index contributed by atoms with van der Waals surface area (Å²) in [6, 6.07) is 12.0. The Hall–Kier alpha value is -3.59. The van der Waals surface area contributed by atoms with E-state index in [2.05, 4.69) is 15.5 Å². The van der Waals surface area contributed by atoms with Crippen LogP contribution in [0, 0.1) is 0 Å². The molecule has 2 aromatic carbocycles. The molecule has 31 heavy (non-hydrogen) atoms. The molecule has 162 valence electrons. The van der Waals surface area contributed by atoms with Gasteiger partial charge in [0.05, 0.1) is 12.6 Å². The standard InChI is InChI=1S/C22H24N4O5/c23-21(28)17-5-2-8-26(17)12-14-3-1-4-16(9-14)25-20(27)11-24-22(29)15-6-7-18-19(10-15)31-13-30-18/h1,3-4,6-7,9-10,17H,2,5,8,11-13H2,(H2,23,28)(H,24,29)(H,25,27). The molecule has 2 aromatic rings. The van der Waals surface area contributed by atoms with Crippen molar-refractivity contribution in [3.63, 3.8) is 0 Å². The minimum Gasteiger partial charge on any atom is -0.454 e. The highest BCUT2D eigenvalue weighted by Gasteiger charge is 2.28. The quantitative estimate of drug-likeness (QED) is 0.614. The van der Waals surface area contributed by atoms with E-state index in [1.54, 1.807) is 24.3 Å². The van der Waals surface area contributed by atoms with Gasteiger partial charge in [-0.15, -0.1) is 0 Å². The Kier molecular flexibility index (Phi) is 6.03. The molecule has 2 aliphatic rings. The van der Waals surface area contributed by atoms with Gasteiger partial charge < -0.3 is 25.8 Å². The van der Waals surface area contributed by atoms with Gasteiger partial charge in [-0.3, -0.25) is 19.3 Å². The van der Waals surface area contributed by atoms with E-state index in [-0.39, 0.29) is 37.1 Å². The van der Waals surface area contributed by atoms with Crippen LogP contribution in [0.3, 0.4) is 0 Å². The summed E-state index contributed by atoms with van der Waals surface area (Å²) in [5.74, 6) is 0.0621. The number of nitrogens with zero attached hydrogens (tertiary/aromatic N) is 1. The van der Waals surface area contributed by atoms with Crippen LogP contribution < -0.4 is 25.8 Å². The molecule has 2 aliphatic heterocycles. The fourth-order valence-electron chi connectivity index (χ4n) is 3.83. The van der Waals surface area contributed by atoms with Gasteiger partial charge in [0.15, 0.2) is 11.5 Å². The van der Waals surface area contributed by atoms with Gasteiger partial charge in [0.2, 0.25) is 18.6 Å². The molecule has 3 amide bonds. The summed E-state index contributed by atoms with van der Waals surface area (Å²) in [5, 5.41) is 5.38. The number of carbonyl (C=O) groups is 3. The van der Waals surface area contributed by atoms with Gasteiger partial charge in [0, 0.05) is 17.8 Å². The lowest BCUT2D eigenvalue weighted by Crippen LogP contribution is -2.39. The highest BCUT2D eigenvalue weighted by Crippen LogP contribution is 2.32. The fourth-order valence-corrected chi connectivity index (χ4v) is 3.83. The lowest BCUT2D eigenvalue weighted by Gasteiger charge is -2.22. The lowest BCUT2D eigenvalue weighted by atomic mass is 10.1. The molecular weight excluding hydrogens is 400 g/mol. The van der Waals surface area contributed by atoms with Crippen molar-refractivity contribution in [2.45, 2.75) is 25.4 Å². The van der Waals surface area contributed by atoms with E-state index >= 15 is 0 Å². The molecule has 0 saturated carbocycles. The number of fused-ring (bicyclic) bond motifs is 1. The summed E-state index contributed by atoms with van der Waals surface area (Å²) in [5.41, 5.74) is 7.45. The van der Waals surface area contributed by atoms with Crippen molar-refractivity contribution in [3.8, 4) is 11.5 Å². The zero-order chi connectivity index (χ0) is 21.8. The third-order valence-electron chi connectivity index (χ3n) is 5.33. The van der Waals surface area contributed by atoms with Crippen LogP contribution >= 0.6 is 0 Å². The van der Waals surface area contributed by atoms with Crippen molar-refractivity contribution in [1.29, 1.82) is 0 Å². The SMILES string of the molecule is NC(=O)C1CCCN1Cc1cccc(NC(=O)CNC(=O)c2ccc3c(c2)OCO3)c1. The summed E-state index contributed by atoms with van der Waals surface area (Å²) >= 11 is 0. The summed E-state index contributed by atoms with van der Waals surface area (Å²) in [7, 11) is 0. The van der Waals surface area contributed by atoms with Gasteiger partial charge in [-0.25, -0.2) is 0 Å². The molecule has 1 fully saturated rings. The Labute approximate surface area is 179 Å². The number of primary amides is 1. The number of likely N-dealkylation sites (tertiary alicyclic amines) is 1. The average molecular weight is 424 g/mol. The van der Waals surface area contributed by atoms with E-state index in [4.69, 9.17) is 15.2 Å². The van der Waals surface area contributed by atoms with E-state index in [1.807, 2.05) is 18.2 Å². The van der Waals surface area contributed by atoms with Gasteiger partial charge in [-0.2, -0.15) is 0 Å². The smallest absolute Gasteiger partial charge is 0.251 e. The summed E-state index contributed by atoms with van der Waals surface area (Å²) in [6.07, 6.45) is 1.71. The summed E-state index contributed by atoms with van der Waals surface area (Å²) < 4.78 is 10.5. The van der Waals surface area contributed by atoms with Crippen molar-refractivity contribution in [1.82, 2.24) is 10.2 Å². The number of anilines is 1. The van der Waals surface area contributed by atoms with Gasteiger partial charge in [-0.1, -0.05) is 12.1 Å². The van der Waals surface area contributed by atoms with Crippen LogP contribution in [-0.2, 0) is 16.1 Å². The van der Waals surface area contributed by atoms with Crippen LogP contribution in [0.2, 0.25) is 0 Å². The van der Waals surface area contributed by atoms with E-state index in [0.717, 1.165) is 24.9 Å². The second kappa shape index (κ2) is 9.05. The molecule has 1 saturated heterocycles. The Morgan fingerprint density at radius 2 is 1.94 bits per heavy atom. The third-order valence-corrected chi connectivity index (χ3v) is 5.33. The highest BCUT2D eigenvalue weighted by atomic mass is 16.7. The molecule has 0 bridgehead atoms. The second-order valence-electron chi connectivity index (χ2n) is 7.53. The maximum absolute atomic E-state index is 12.3. The predicted octanol–water partition coefficient (Wildman–Crippen LogP) is 1.23. The molecule has 1 atom stereocenters. The zero-order valence-corrected chi connectivity index (χ0v) is 16.9. The fraction of sp³-hybridized carbons (Fsp3) is 0.318. The maximum atomic E-state index is 12.3. The number of ether oxygens (including phenoxy) is 2. The van der Waals surface area contributed by atoms with Crippen molar-refractivity contribution < 1.29 is 23.9 Å². The number of amides is 3. The van der Waals surface area contributed by atoms with E-state index in [0.29, 0.717) is 29.3 Å². The van der Waals surface area contributed by atoms with Gasteiger partial charge in [-0.05, 0) is 55.3 Å². The summed E-state index contributed by atoms with van der Waals surface area (Å²) in [6.45, 7) is 1.35. The Balaban J connectivity index is 1.30. The first-order valence-corrected chi connectivity index (χ1v) is 10.1. The monoisotopic (exact) mass is 424 g/mol. The van der Waals surface area contributed by atoms with Gasteiger partial charge in [0.1, 0.15) is 0 Å². The van der Waals surface area contributed by atoms with E-state index < -0.39 is 0 Å². The minimum absolute atomic E-state index is 0.128. The Bertz CT molecular complexity index is 1010. The molecule has 0 radical (unpaired) electrons. The molecule has 4 rings (SSSR count). The normalized spacial score (nSPS) is 17.4. The van der Waals surface area contributed by atoms with Crippen LogP contribution in [0.15, 0.2) is 42.5 Å². The van der Waals surface area contributed by atoms with E-state index in [9.17, 15) is 14.4 Å². The molecule has 0 spiro atoms. The van der Waals surface area contributed by atoms with Crippen molar-refractivity contribution in [3.05, 3.63) is 53.6 Å². The van der Waals surface area contributed by atoms with Crippen LogP contribution in [0.4, 0.5) is 5.69 Å². The largest absolute Gasteiger partial charge is 0.454 e. The molecule has 0 aliphatic carbocycles. The first kappa shape index (κ1) is 20.7. The first-order valence-electron chi connectivity index (χ1n) is 10.1. The number of hydrogen-bond acceptors (Lipinski definition) is 6. The number of hydrogen-bond donors (Lipinski definition) is 3. The lowest BCUT2D eigenvalue weighted by molar-refractivity contribution is -0.122. The average Bonchev–Trinajstić information content (AvgIpc) is 3.41. The number of rotatable bonds is 7. The molecule has 1 unspecified atom stereocenters. The van der Waals surface area contributed by atoms with Gasteiger partial charge >= 0.3 is 0 Å². The first-order chi connectivity index (χ1) is 15.0. The van der Waals surface area contributed by atoms with Crippen LogP contribution in [-0.4, -0.2) is 48.5 Å². The van der Waals surface area contributed by atoms with Gasteiger partial charge in [0.25, 0.3) is 5.91 Å². The molecule has 4 N–H and O–H groups in total. The highest BCUT2D eigenvalue weighted by molar-refractivity contribution is 5.99. The summed E-state index contributed by atoms with van der Waals surface area (Å²) in [4.78, 5) is 38.2.